The van der Waals surface area contributed by atoms with Gasteiger partial charge in [0.2, 0.25) is 0 Å². The Morgan fingerprint density at radius 3 is 2.32 bits per heavy atom. The summed E-state index contributed by atoms with van der Waals surface area (Å²) in [7, 11) is 1.85. The molecular formula is C12H11BrCl3N3. The summed E-state index contributed by atoms with van der Waals surface area (Å²) in [5, 5.41) is 9.20. The van der Waals surface area contributed by atoms with Gasteiger partial charge in [0.15, 0.2) is 0 Å². The largest absolute Gasteiger partial charge is 0.377 e. The fourth-order valence-electron chi connectivity index (χ4n) is 1.76. The Kier molecular flexibility index (Phi) is 4.66. The predicted octanol–water partition coefficient (Wildman–Crippen LogP) is 5.06. The van der Waals surface area contributed by atoms with Crippen molar-refractivity contribution in [2.75, 3.05) is 5.32 Å². The van der Waals surface area contributed by atoms with Crippen LogP contribution in [0.5, 0.6) is 0 Å². The lowest BCUT2D eigenvalue weighted by atomic mass is 10.3. The van der Waals surface area contributed by atoms with E-state index in [0.29, 0.717) is 27.3 Å². The molecule has 0 saturated heterocycles. The molecule has 0 radical (unpaired) electrons. The fourth-order valence-corrected chi connectivity index (χ4v) is 3.32. The van der Waals surface area contributed by atoms with Crippen LogP contribution in [0.15, 0.2) is 16.6 Å². The number of aromatic nitrogens is 2. The molecule has 0 amide bonds. The van der Waals surface area contributed by atoms with Crippen molar-refractivity contribution in [3.8, 4) is 0 Å². The monoisotopic (exact) mass is 381 g/mol. The summed E-state index contributed by atoms with van der Waals surface area (Å²) in [6.07, 6.45) is 0. The summed E-state index contributed by atoms with van der Waals surface area (Å²) >= 11 is 21.8. The highest BCUT2D eigenvalue weighted by atomic mass is 79.9. The number of benzene rings is 1. The third-order valence-electron chi connectivity index (χ3n) is 2.70. The van der Waals surface area contributed by atoms with E-state index in [1.54, 1.807) is 16.8 Å². The minimum Gasteiger partial charge on any atom is -0.377 e. The number of aryl methyl sites for hydroxylation is 2. The Bertz CT molecular complexity index is 602. The highest BCUT2D eigenvalue weighted by Gasteiger charge is 2.13. The third kappa shape index (κ3) is 3.19. The zero-order valence-electron chi connectivity index (χ0n) is 10.3. The van der Waals surface area contributed by atoms with Crippen molar-refractivity contribution in [2.24, 2.45) is 7.05 Å². The highest BCUT2D eigenvalue weighted by molar-refractivity contribution is 9.10. The van der Waals surface area contributed by atoms with E-state index < -0.39 is 0 Å². The van der Waals surface area contributed by atoms with Gasteiger partial charge >= 0.3 is 0 Å². The van der Waals surface area contributed by atoms with Gasteiger partial charge in [-0.25, -0.2) is 0 Å². The third-order valence-corrected chi connectivity index (χ3v) is 4.25. The maximum atomic E-state index is 6.19. The highest BCUT2D eigenvalue weighted by Crippen LogP contribution is 2.34. The first-order chi connectivity index (χ1) is 8.90. The van der Waals surface area contributed by atoms with E-state index in [9.17, 15) is 0 Å². The van der Waals surface area contributed by atoms with Crippen LogP contribution in [0, 0.1) is 6.92 Å². The van der Waals surface area contributed by atoms with Gasteiger partial charge in [0.05, 0.1) is 38.7 Å². The summed E-state index contributed by atoms with van der Waals surface area (Å²) in [6, 6.07) is 3.57. The van der Waals surface area contributed by atoms with Crippen LogP contribution in [0.3, 0.4) is 0 Å². The molecule has 19 heavy (non-hydrogen) atoms. The molecule has 0 aliphatic carbocycles. The predicted molar refractivity (Wildman–Crippen MR) is 84.4 cm³/mol. The average molecular weight is 384 g/mol. The Balaban J connectivity index is 2.24. The van der Waals surface area contributed by atoms with Crippen molar-refractivity contribution < 1.29 is 0 Å². The molecule has 0 spiro atoms. The average Bonchev–Trinajstić information content (AvgIpc) is 2.53. The van der Waals surface area contributed by atoms with E-state index in [4.69, 9.17) is 34.8 Å². The van der Waals surface area contributed by atoms with Gasteiger partial charge in [-0.15, -0.1) is 0 Å². The minimum absolute atomic E-state index is 0.497. The Labute approximate surface area is 135 Å². The van der Waals surface area contributed by atoms with Crippen molar-refractivity contribution in [1.29, 1.82) is 0 Å². The molecule has 0 atom stereocenters. The van der Waals surface area contributed by atoms with E-state index in [0.717, 1.165) is 15.9 Å². The van der Waals surface area contributed by atoms with Gasteiger partial charge in [0, 0.05) is 11.5 Å². The number of nitrogens with one attached hydrogen (secondary N) is 1. The summed E-state index contributed by atoms with van der Waals surface area (Å²) < 4.78 is 2.58. The quantitative estimate of drug-likeness (QED) is 0.803. The standard InChI is InChI=1S/C12H11BrCl3N3/c1-6-11(16)10(19(2)18-6)5-17-12-8(14)3-7(13)4-9(12)15/h3-4,17H,5H2,1-2H3. The number of hydrogen-bond donors (Lipinski definition) is 1. The van der Waals surface area contributed by atoms with Crippen molar-refractivity contribution in [3.63, 3.8) is 0 Å². The number of hydrogen-bond acceptors (Lipinski definition) is 2. The first kappa shape index (κ1) is 15.0. The Morgan fingerprint density at radius 2 is 1.84 bits per heavy atom. The van der Waals surface area contributed by atoms with Crippen LogP contribution in [-0.2, 0) is 13.6 Å². The van der Waals surface area contributed by atoms with Crippen molar-refractivity contribution in [1.82, 2.24) is 9.78 Å². The molecule has 0 aliphatic rings. The Morgan fingerprint density at radius 1 is 1.26 bits per heavy atom. The van der Waals surface area contributed by atoms with Crippen LogP contribution in [-0.4, -0.2) is 9.78 Å². The zero-order valence-corrected chi connectivity index (χ0v) is 14.1. The van der Waals surface area contributed by atoms with Gasteiger partial charge in [-0.3, -0.25) is 4.68 Å². The minimum atomic E-state index is 0.497. The topological polar surface area (TPSA) is 29.9 Å². The smallest absolute Gasteiger partial charge is 0.0865 e. The molecule has 1 aromatic heterocycles. The number of nitrogens with zero attached hydrogens (tertiary/aromatic N) is 2. The molecule has 0 aliphatic heterocycles. The van der Waals surface area contributed by atoms with Crippen LogP contribution >= 0.6 is 50.7 Å². The van der Waals surface area contributed by atoms with Crippen LogP contribution in [0.4, 0.5) is 5.69 Å². The van der Waals surface area contributed by atoms with Gasteiger partial charge in [-0.2, -0.15) is 5.10 Å². The van der Waals surface area contributed by atoms with Crippen molar-refractivity contribution >= 4 is 56.4 Å². The summed E-state index contributed by atoms with van der Waals surface area (Å²) in [4.78, 5) is 0. The van der Waals surface area contributed by atoms with E-state index in [1.165, 1.54) is 0 Å². The summed E-state index contributed by atoms with van der Waals surface area (Å²) in [5.41, 5.74) is 2.37. The van der Waals surface area contributed by atoms with Gasteiger partial charge in [0.1, 0.15) is 0 Å². The van der Waals surface area contributed by atoms with Crippen molar-refractivity contribution in [3.05, 3.63) is 43.1 Å². The lowest BCUT2D eigenvalue weighted by molar-refractivity contribution is 0.713. The lowest BCUT2D eigenvalue weighted by Gasteiger charge is -2.11. The molecule has 2 aromatic rings. The molecule has 0 bridgehead atoms. The second-order valence-corrected chi connectivity index (χ2v) is 6.18. The number of rotatable bonds is 3. The number of halogens is 4. The molecule has 0 unspecified atom stereocenters. The first-order valence-electron chi connectivity index (χ1n) is 5.46. The molecule has 0 fully saturated rings. The maximum absolute atomic E-state index is 6.19. The SMILES string of the molecule is Cc1nn(C)c(CNc2c(Cl)cc(Br)cc2Cl)c1Cl. The molecule has 3 nitrogen and oxygen atoms in total. The van der Waals surface area contributed by atoms with Gasteiger partial charge in [0.25, 0.3) is 0 Å². The molecule has 1 heterocycles. The molecule has 7 heteroatoms. The zero-order chi connectivity index (χ0) is 14.2. The van der Waals surface area contributed by atoms with E-state index in [-0.39, 0.29) is 0 Å². The number of anilines is 1. The van der Waals surface area contributed by atoms with Gasteiger partial charge < -0.3 is 5.32 Å². The molecule has 1 N–H and O–H groups in total. The molecule has 102 valence electrons. The molecule has 1 aromatic carbocycles. The Hall–Kier alpha value is -0.420. The van der Waals surface area contributed by atoms with E-state index in [1.807, 2.05) is 14.0 Å². The van der Waals surface area contributed by atoms with Crippen LogP contribution < -0.4 is 5.32 Å². The fraction of sp³-hybridized carbons (Fsp3) is 0.250. The van der Waals surface area contributed by atoms with E-state index in [2.05, 4.69) is 26.3 Å². The summed E-state index contributed by atoms with van der Waals surface area (Å²) in [5.74, 6) is 0. The second-order valence-electron chi connectivity index (χ2n) is 4.07. The van der Waals surface area contributed by atoms with E-state index >= 15 is 0 Å². The lowest BCUT2D eigenvalue weighted by Crippen LogP contribution is -2.06. The normalized spacial score (nSPS) is 10.8. The van der Waals surface area contributed by atoms with Gasteiger partial charge in [-0.05, 0) is 19.1 Å². The maximum Gasteiger partial charge on any atom is 0.0865 e. The second kappa shape index (κ2) is 5.92. The van der Waals surface area contributed by atoms with Crippen molar-refractivity contribution in [2.45, 2.75) is 13.5 Å². The summed E-state index contributed by atoms with van der Waals surface area (Å²) in [6.45, 7) is 2.36. The van der Waals surface area contributed by atoms with Crippen LogP contribution in [0.1, 0.15) is 11.4 Å². The molecular weight excluding hydrogens is 372 g/mol. The van der Waals surface area contributed by atoms with Gasteiger partial charge in [-0.1, -0.05) is 50.7 Å². The van der Waals surface area contributed by atoms with Crippen LogP contribution in [0.25, 0.3) is 0 Å². The van der Waals surface area contributed by atoms with Crippen LogP contribution in [0.2, 0.25) is 15.1 Å². The molecule has 0 saturated carbocycles. The molecule has 2 rings (SSSR count). The first-order valence-corrected chi connectivity index (χ1v) is 7.39.